The molecule has 86 valence electrons. The van der Waals surface area contributed by atoms with E-state index in [9.17, 15) is 9.59 Å². The molecule has 1 unspecified atom stereocenters. The fourth-order valence-electron chi connectivity index (χ4n) is 1.87. The van der Waals surface area contributed by atoms with Crippen LogP contribution in [0.4, 0.5) is 0 Å². The van der Waals surface area contributed by atoms with Crippen LogP contribution < -0.4 is 5.32 Å². The lowest BCUT2D eigenvalue weighted by atomic mass is 10.1. The molecule has 1 aliphatic rings. The van der Waals surface area contributed by atoms with Crippen LogP contribution in [-0.4, -0.2) is 34.8 Å². The number of hydrogen-bond donors (Lipinski definition) is 1. The Morgan fingerprint density at radius 1 is 1.50 bits per heavy atom. The molecule has 2 heterocycles. The standard InChI is InChI=1S/C10H13N3O2S/c1-2-7(10-11-3-4-16-10)13-5-8(14)12-9(15)6-13/h3-4,7H,2,5-6H2,1H3,(H,12,14,15). The second-order valence-corrected chi connectivity index (χ2v) is 4.60. The van der Waals surface area contributed by atoms with Crippen molar-refractivity contribution in [2.75, 3.05) is 13.1 Å². The summed E-state index contributed by atoms with van der Waals surface area (Å²) in [4.78, 5) is 28.7. The van der Waals surface area contributed by atoms with Crippen LogP contribution in [0.2, 0.25) is 0 Å². The lowest BCUT2D eigenvalue weighted by Gasteiger charge is -2.31. The first kappa shape index (κ1) is 11.2. The maximum absolute atomic E-state index is 11.3. The van der Waals surface area contributed by atoms with Crippen molar-refractivity contribution in [3.8, 4) is 0 Å². The second-order valence-electron chi connectivity index (χ2n) is 3.67. The molecule has 0 radical (unpaired) electrons. The number of thiazole rings is 1. The Morgan fingerprint density at radius 3 is 2.69 bits per heavy atom. The Hall–Kier alpha value is -1.27. The van der Waals surface area contributed by atoms with Crippen molar-refractivity contribution in [2.24, 2.45) is 0 Å². The van der Waals surface area contributed by atoms with Crippen LogP contribution in [0.1, 0.15) is 24.4 Å². The van der Waals surface area contributed by atoms with Crippen LogP contribution in [0.5, 0.6) is 0 Å². The average molecular weight is 239 g/mol. The van der Waals surface area contributed by atoms with E-state index >= 15 is 0 Å². The predicted octanol–water partition coefficient (Wildman–Crippen LogP) is 0.553. The Bertz CT molecular complexity index is 375. The highest BCUT2D eigenvalue weighted by Crippen LogP contribution is 2.26. The van der Waals surface area contributed by atoms with Crippen molar-refractivity contribution < 1.29 is 9.59 Å². The van der Waals surface area contributed by atoms with Crippen molar-refractivity contribution in [3.05, 3.63) is 16.6 Å². The first-order valence-electron chi connectivity index (χ1n) is 5.17. The minimum Gasteiger partial charge on any atom is -0.294 e. The minimum atomic E-state index is -0.230. The highest BCUT2D eigenvalue weighted by Gasteiger charge is 2.29. The van der Waals surface area contributed by atoms with Crippen molar-refractivity contribution in [1.29, 1.82) is 0 Å². The maximum atomic E-state index is 11.3. The molecule has 1 aliphatic heterocycles. The smallest absolute Gasteiger partial charge is 0.240 e. The fraction of sp³-hybridized carbons (Fsp3) is 0.500. The molecule has 2 amide bonds. The first-order chi connectivity index (χ1) is 7.70. The summed E-state index contributed by atoms with van der Waals surface area (Å²) >= 11 is 1.56. The molecule has 0 saturated carbocycles. The van der Waals surface area contributed by atoms with Gasteiger partial charge in [0.1, 0.15) is 5.01 Å². The molecule has 5 nitrogen and oxygen atoms in total. The van der Waals surface area contributed by atoms with Crippen molar-refractivity contribution in [3.63, 3.8) is 0 Å². The van der Waals surface area contributed by atoms with Gasteiger partial charge in [0.05, 0.1) is 19.1 Å². The van der Waals surface area contributed by atoms with Gasteiger partial charge >= 0.3 is 0 Å². The number of hydrogen-bond acceptors (Lipinski definition) is 5. The van der Waals surface area contributed by atoms with Gasteiger partial charge in [0.2, 0.25) is 11.8 Å². The summed E-state index contributed by atoms with van der Waals surface area (Å²) in [6.45, 7) is 2.57. The van der Waals surface area contributed by atoms with E-state index in [2.05, 4.69) is 10.3 Å². The molecule has 1 N–H and O–H groups in total. The number of piperazine rings is 1. The van der Waals surface area contributed by atoms with Gasteiger partial charge in [-0.2, -0.15) is 0 Å². The molecule has 1 atom stereocenters. The van der Waals surface area contributed by atoms with E-state index in [1.807, 2.05) is 17.2 Å². The molecule has 1 saturated heterocycles. The number of carbonyl (C=O) groups excluding carboxylic acids is 2. The Kier molecular flexibility index (Phi) is 3.31. The van der Waals surface area contributed by atoms with E-state index in [1.165, 1.54) is 0 Å². The number of carbonyl (C=O) groups is 2. The van der Waals surface area contributed by atoms with Crippen LogP contribution in [0, 0.1) is 0 Å². The highest BCUT2D eigenvalue weighted by atomic mass is 32.1. The van der Waals surface area contributed by atoms with Crippen molar-refractivity contribution in [2.45, 2.75) is 19.4 Å². The van der Waals surface area contributed by atoms with Gasteiger partial charge in [-0.05, 0) is 6.42 Å². The Morgan fingerprint density at radius 2 is 2.19 bits per heavy atom. The van der Waals surface area contributed by atoms with E-state index in [0.29, 0.717) is 0 Å². The summed E-state index contributed by atoms with van der Waals surface area (Å²) in [7, 11) is 0. The van der Waals surface area contributed by atoms with E-state index in [4.69, 9.17) is 0 Å². The van der Waals surface area contributed by atoms with Crippen LogP contribution in [-0.2, 0) is 9.59 Å². The lowest BCUT2D eigenvalue weighted by molar-refractivity contribution is -0.137. The molecular weight excluding hydrogens is 226 g/mol. The van der Waals surface area contributed by atoms with Crippen LogP contribution in [0.15, 0.2) is 11.6 Å². The molecule has 1 aromatic heterocycles. The van der Waals surface area contributed by atoms with Gasteiger partial charge in [-0.1, -0.05) is 6.92 Å². The normalized spacial score (nSPS) is 19.6. The topological polar surface area (TPSA) is 62.3 Å². The Labute approximate surface area is 97.5 Å². The molecular formula is C10H13N3O2S. The molecule has 1 fully saturated rings. The number of nitrogens with zero attached hydrogens (tertiary/aromatic N) is 2. The first-order valence-corrected chi connectivity index (χ1v) is 6.04. The van der Waals surface area contributed by atoms with Gasteiger partial charge in [0.25, 0.3) is 0 Å². The third-order valence-electron chi connectivity index (χ3n) is 2.54. The fourth-order valence-corrected chi connectivity index (χ4v) is 2.72. The summed E-state index contributed by atoms with van der Waals surface area (Å²) in [5.74, 6) is -0.461. The van der Waals surface area contributed by atoms with Crippen molar-refractivity contribution in [1.82, 2.24) is 15.2 Å². The SMILES string of the molecule is CCC(c1nccs1)N1CC(=O)NC(=O)C1. The van der Waals surface area contributed by atoms with Gasteiger partial charge < -0.3 is 0 Å². The summed E-state index contributed by atoms with van der Waals surface area (Å²) in [5.41, 5.74) is 0. The molecule has 0 aliphatic carbocycles. The zero-order valence-corrected chi connectivity index (χ0v) is 9.79. The predicted molar refractivity (Wildman–Crippen MR) is 59.9 cm³/mol. The van der Waals surface area contributed by atoms with Gasteiger partial charge in [-0.3, -0.25) is 19.8 Å². The van der Waals surface area contributed by atoms with Crippen LogP contribution in [0.3, 0.4) is 0 Å². The second kappa shape index (κ2) is 4.71. The van der Waals surface area contributed by atoms with Gasteiger partial charge in [0.15, 0.2) is 0 Å². The molecule has 6 heteroatoms. The number of aromatic nitrogens is 1. The van der Waals surface area contributed by atoms with Gasteiger partial charge in [-0.15, -0.1) is 11.3 Å². The Balaban J connectivity index is 2.15. The molecule has 1 aromatic rings. The summed E-state index contributed by atoms with van der Waals surface area (Å²) in [6, 6.07) is 0.0648. The number of nitrogens with one attached hydrogen (secondary N) is 1. The zero-order chi connectivity index (χ0) is 11.5. The van der Waals surface area contributed by atoms with Gasteiger partial charge in [0, 0.05) is 11.6 Å². The third-order valence-corrected chi connectivity index (χ3v) is 3.41. The summed E-state index contributed by atoms with van der Waals surface area (Å²) in [6.07, 6.45) is 2.59. The van der Waals surface area contributed by atoms with E-state index in [-0.39, 0.29) is 30.9 Å². The monoisotopic (exact) mass is 239 g/mol. The average Bonchev–Trinajstić information content (AvgIpc) is 2.70. The molecule has 2 rings (SSSR count). The number of imide groups is 1. The van der Waals surface area contributed by atoms with Crippen molar-refractivity contribution >= 4 is 23.2 Å². The van der Waals surface area contributed by atoms with Crippen LogP contribution >= 0.6 is 11.3 Å². The molecule has 0 bridgehead atoms. The third kappa shape index (κ3) is 2.28. The van der Waals surface area contributed by atoms with E-state index < -0.39 is 0 Å². The van der Waals surface area contributed by atoms with E-state index in [0.717, 1.165) is 11.4 Å². The highest BCUT2D eigenvalue weighted by molar-refractivity contribution is 7.09. The maximum Gasteiger partial charge on any atom is 0.240 e. The van der Waals surface area contributed by atoms with E-state index in [1.54, 1.807) is 17.5 Å². The summed E-state index contributed by atoms with van der Waals surface area (Å²) in [5, 5.41) is 5.17. The lowest BCUT2D eigenvalue weighted by Crippen LogP contribution is -2.52. The largest absolute Gasteiger partial charge is 0.294 e. The quantitative estimate of drug-likeness (QED) is 0.783. The molecule has 0 aromatic carbocycles. The minimum absolute atomic E-state index is 0.0648. The van der Waals surface area contributed by atoms with Crippen LogP contribution in [0.25, 0.3) is 0 Å². The number of rotatable bonds is 3. The van der Waals surface area contributed by atoms with Gasteiger partial charge in [-0.25, -0.2) is 4.98 Å². The number of amides is 2. The zero-order valence-electron chi connectivity index (χ0n) is 8.97. The molecule has 0 spiro atoms. The molecule has 16 heavy (non-hydrogen) atoms. The summed E-state index contributed by atoms with van der Waals surface area (Å²) < 4.78 is 0.